The highest BCUT2D eigenvalue weighted by atomic mass is 16.3. The lowest BCUT2D eigenvalue weighted by molar-refractivity contribution is 0.111. The summed E-state index contributed by atoms with van der Waals surface area (Å²) in [5.41, 5.74) is 0.654. The number of benzene rings is 1. The van der Waals surface area contributed by atoms with Gasteiger partial charge >= 0.3 is 0 Å². The third-order valence-electron chi connectivity index (χ3n) is 2.12. The SMILES string of the molecule is CC(C)(C)c1ccc(O)c(O)c1C=O. The molecule has 0 heterocycles. The summed E-state index contributed by atoms with van der Waals surface area (Å²) in [5, 5.41) is 18.7. The van der Waals surface area contributed by atoms with Crippen LogP contribution < -0.4 is 0 Å². The van der Waals surface area contributed by atoms with Crippen LogP contribution in [-0.4, -0.2) is 16.5 Å². The molecule has 0 aliphatic carbocycles. The highest BCUT2D eigenvalue weighted by molar-refractivity contribution is 5.83. The van der Waals surface area contributed by atoms with E-state index in [1.807, 2.05) is 20.8 Å². The molecule has 3 nitrogen and oxygen atoms in total. The van der Waals surface area contributed by atoms with Gasteiger partial charge in [0, 0.05) is 0 Å². The van der Waals surface area contributed by atoms with E-state index in [4.69, 9.17) is 0 Å². The number of carbonyl (C=O) groups excluding carboxylic acids is 1. The number of hydrogen-bond donors (Lipinski definition) is 2. The molecular weight excluding hydrogens is 180 g/mol. The summed E-state index contributed by atoms with van der Waals surface area (Å²) >= 11 is 0. The number of carbonyl (C=O) groups is 1. The number of aromatic hydroxyl groups is 2. The summed E-state index contributed by atoms with van der Waals surface area (Å²) in [7, 11) is 0. The van der Waals surface area contributed by atoms with Gasteiger partial charge in [-0.05, 0) is 17.0 Å². The van der Waals surface area contributed by atoms with E-state index in [2.05, 4.69) is 0 Å². The Bertz CT molecular complexity index is 362. The fourth-order valence-corrected chi connectivity index (χ4v) is 1.37. The lowest BCUT2D eigenvalue weighted by Crippen LogP contribution is -2.14. The zero-order valence-electron chi connectivity index (χ0n) is 8.53. The second kappa shape index (κ2) is 3.33. The van der Waals surface area contributed by atoms with Crippen LogP contribution >= 0.6 is 0 Å². The standard InChI is InChI=1S/C11H14O3/c1-11(2,3)8-4-5-9(13)10(14)7(8)6-12/h4-6,13-14H,1-3H3. The van der Waals surface area contributed by atoms with Crippen LogP contribution in [0.4, 0.5) is 0 Å². The van der Waals surface area contributed by atoms with Gasteiger partial charge in [0.25, 0.3) is 0 Å². The smallest absolute Gasteiger partial charge is 0.168 e. The first-order valence-corrected chi connectivity index (χ1v) is 4.38. The van der Waals surface area contributed by atoms with E-state index >= 15 is 0 Å². The van der Waals surface area contributed by atoms with E-state index in [1.165, 1.54) is 6.07 Å². The van der Waals surface area contributed by atoms with Crippen molar-refractivity contribution in [2.75, 3.05) is 0 Å². The maximum atomic E-state index is 10.8. The molecule has 0 aromatic heterocycles. The van der Waals surface area contributed by atoms with Crippen molar-refractivity contribution in [3.05, 3.63) is 23.3 Å². The van der Waals surface area contributed by atoms with Crippen LogP contribution in [0.15, 0.2) is 12.1 Å². The topological polar surface area (TPSA) is 57.5 Å². The van der Waals surface area contributed by atoms with E-state index in [9.17, 15) is 15.0 Å². The van der Waals surface area contributed by atoms with Gasteiger partial charge in [-0.2, -0.15) is 0 Å². The zero-order chi connectivity index (χ0) is 10.9. The van der Waals surface area contributed by atoms with Gasteiger partial charge in [-0.1, -0.05) is 26.8 Å². The van der Waals surface area contributed by atoms with Crippen molar-refractivity contribution in [1.29, 1.82) is 0 Å². The molecule has 0 spiro atoms. The third kappa shape index (κ3) is 1.71. The predicted molar refractivity (Wildman–Crippen MR) is 53.9 cm³/mol. The van der Waals surface area contributed by atoms with E-state index < -0.39 is 0 Å². The third-order valence-corrected chi connectivity index (χ3v) is 2.12. The Balaban J connectivity index is 3.47. The van der Waals surface area contributed by atoms with Crippen molar-refractivity contribution in [2.24, 2.45) is 0 Å². The van der Waals surface area contributed by atoms with Crippen LogP contribution in [0.25, 0.3) is 0 Å². The van der Waals surface area contributed by atoms with Crippen LogP contribution in [0.1, 0.15) is 36.7 Å². The molecule has 1 aromatic rings. The quantitative estimate of drug-likeness (QED) is 0.532. The van der Waals surface area contributed by atoms with Crippen LogP contribution in [-0.2, 0) is 5.41 Å². The Hall–Kier alpha value is -1.51. The molecule has 0 fully saturated rings. The number of aldehydes is 1. The van der Waals surface area contributed by atoms with Crippen LogP contribution in [0, 0.1) is 0 Å². The molecule has 0 aliphatic heterocycles. The Morgan fingerprint density at radius 3 is 2.21 bits per heavy atom. The predicted octanol–water partition coefficient (Wildman–Crippen LogP) is 2.21. The minimum Gasteiger partial charge on any atom is -0.504 e. The Labute approximate surface area is 83.0 Å². The lowest BCUT2D eigenvalue weighted by atomic mass is 9.83. The fourth-order valence-electron chi connectivity index (χ4n) is 1.37. The largest absolute Gasteiger partial charge is 0.504 e. The molecular formula is C11H14O3. The Morgan fingerprint density at radius 2 is 1.79 bits per heavy atom. The van der Waals surface area contributed by atoms with Gasteiger partial charge in [0.1, 0.15) is 0 Å². The summed E-state index contributed by atoms with van der Waals surface area (Å²) in [5.74, 6) is -0.604. The van der Waals surface area contributed by atoms with Crippen molar-refractivity contribution < 1.29 is 15.0 Å². The molecule has 76 valence electrons. The Morgan fingerprint density at radius 1 is 1.21 bits per heavy atom. The number of rotatable bonds is 1. The molecule has 0 unspecified atom stereocenters. The maximum absolute atomic E-state index is 10.8. The van der Waals surface area contributed by atoms with Gasteiger partial charge in [-0.3, -0.25) is 4.79 Å². The van der Waals surface area contributed by atoms with Crippen LogP contribution in [0.2, 0.25) is 0 Å². The summed E-state index contributed by atoms with van der Waals surface area (Å²) in [6.45, 7) is 5.81. The van der Waals surface area contributed by atoms with Crippen LogP contribution in [0.5, 0.6) is 11.5 Å². The van der Waals surface area contributed by atoms with Crippen LogP contribution in [0.3, 0.4) is 0 Å². The first-order valence-electron chi connectivity index (χ1n) is 4.38. The lowest BCUT2D eigenvalue weighted by Gasteiger charge is -2.21. The highest BCUT2D eigenvalue weighted by Crippen LogP contribution is 2.35. The molecule has 1 rings (SSSR count). The second-order valence-electron chi connectivity index (χ2n) is 4.26. The minimum absolute atomic E-state index is 0.164. The van der Waals surface area contributed by atoms with Gasteiger partial charge in [-0.25, -0.2) is 0 Å². The maximum Gasteiger partial charge on any atom is 0.168 e. The first kappa shape index (κ1) is 10.6. The number of phenols is 2. The Kier molecular flexibility index (Phi) is 2.51. The van der Waals surface area contributed by atoms with Gasteiger partial charge in [0.05, 0.1) is 5.56 Å². The molecule has 0 aliphatic rings. The number of phenolic OH excluding ortho intramolecular Hbond substituents is 2. The van der Waals surface area contributed by atoms with E-state index in [1.54, 1.807) is 6.07 Å². The molecule has 0 atom stereocenters. The van der Waals surface area contributed by atoms with Gasteiger partial charge in [0.2, 0.25) is 0 Å². The normalized spacial score (nSPS) is 11.4. The average Bonchev–Trinajstić information content (AvgIpc) is 2.07. The van der Waals surface area contributed by atoms with Crippen molar-refractivity contribution in [1.82, 2.24) is 0 Å². The second-order valence-corrected chi connectivity index (χ2v) is 4.26. The summed E-state index contributed by atoms with van der Waals surface area (Å²) < 4.78 is 0. The molecule has 14 heavy (non-hydrogen) atoms. The van der Waals surface area contributed by atoms with Crippen molar-refractivity contribution in [3.8, 4) is 11.5 Å². The summed E-state index contributed by atoms with van der Waals surface area (Å²) in [4.78, 5) is 10.8. The molecule has 3 heteroatoms. The monoisotopic (exact) mass is 194 g/mol. The molecule has 0 radical (unpaired) electrons. The van der Waals surface area contributed by atoms with Gasteiger partial charge in [-0.15, -0.1) is 0 Å². The molecule has 0 amide bonds. The zero-order valence-corrected chi connectivity index (χ0v) is 8.53. The molecule has 1 aromatic carbocycles. The first-order chi connectivity index (χ1) is 6.38. The van der Waals surface area contributed by atoms with Crippen molar-refractivity contribution >= 4 is 6.29 Å². The van der Waals surface area contributed by atoms with E-state index in [-0.39, 0.29) is 22.5 Å². The van der Waals surface area contributed by atoms with Crippen molar-refractivity contribution in [3.63, 3.8) is 0 Å². The fraction of sp³-hybridized carbons (Fsp3) is 0.364. The summed E-state index contributed by atoms with van der Waals surface area (Å²) in [6, 6.07) is 3.04. The van der Waals surface area contributed by atoms with E-state index in [0.717, 1.165) is 5.56 Å². The number of hydrogen-bond acceptors (Lipinski definition) is 3. The molecule has 0 saturated heterocycles. The van der Waals surface area contributed by atoms with Gasteiger partial charge in [0.15, 0.2) is 17.8 Å². The molecule has 2 N–H and O–H groups in total. The van der Waals surface area contributed by atoms with E-state index in [0.29, 0.717) is 6.29 Å². The average molecular weight is 194 g/mol. The highest BCUT2D eigenvalue weighted by Gasteiger charge is 2.21. The molecule has 0 bridgehead atoms. The van der Waals surface area contributed by atoms with Crippen molar-refractivity contribution in [2.45, 2.75) is 26.2 Å². The van der Waals surface area contributed by atoms with Gasteiger partial charge < -0.3 is 10.2 Å². The molecule has 0 saturated carbocycles. The minimum atomic E-state index is -0.340. The summed E-state index contributed by atoms with van der Waals surface area (Å²) in [6.07, 6.45) is 0.565.